The minimum atomic E-state index is -3.75. The molecule has 1 aliphatic carbocycles. The van der Waals surface area contributed by atoms with Crippen LogP contribution in [0.3, 0.4) is 0 Å². The first kappa shape index (κ1) is 20.5. The monoisotopic (exact) mass is 450 g/mol. The summed E-state index contributed by atoms with van der Waals surface area (Å²) in [6.07, 6.45) is 1.54. The zero-order chi connectivity index (χ0) is 22.5. The van der Waals surface area contributed by atoms with Crippen molar-refractivity contribution in [3.63, 3.8) is 0 Å². The fourth-order valence-corrected chi connectivity index (χ4v) is 4.57. The third-order valence-electron chi connectivity index (χ3n) is 6.10. The maximum absolute atomic E-state index is 13.2. The molecule has 7 nitrogen and oxygen atoms in total. The molecule has 3 aromatic carbocycles. The second-order valence-electron chi connectivity index (χ2n) is 8.20. The number of fused-ring (bicyclic) bond motifs is 1. The molecule has 1 saturated carbocycles. The van der Waals surface area contributed by atoms with Crippen molar-refractivity contribution in [3.8, 4) is 22.6 Å². The SMILES string of the molecule is Cc1ccc(NC(=O)C2(c3ccc4c(c3)OCO4)CC2)cc1-c1ccc(S(N)(=O)=O)cc1. The molecule has 0 spiro atoms. The van der Waals surface area contributed by atoms with Crippen LogP contribution >= 0.6 is 0 Å². The van der Waals surface area contributed by atoms with E-state index >= 15 is 0 Å². The molecule has 3 N–H and O–H groups in total. The molecule has 1 heterocycles. The van der Waals surface area contributed by atoms with Crippen molar-refractivity contribution in [1.82, 2.24) is 0 Å². The Bertz CT molecular complexity index is 1330. The van der Waals surface area contributed by atoms with Gasteiger partial charge in [-0.3, -0.25) is 4.79 Å². The van der Waals surface area contributed by atoms with Gasteiger partial charge >= 0.3 is 0 Å². The van der Waals surface area contributed by atoms with Crippen LogP contribution in [0.1, 0.15) is 24.0 Å². The van der Waals surface area contributed by atoms with Gasteiger partial charge in [0.25, 0.3) is 0 Å². The van der Waals surface area contributed by atoms with E-state index < -0.39 is 15.4 Å². The fourth-order valence-electron chi connectivity index (χ4n) is 4.05. The average Bonchev–Trinajstić information content (AvgIpc) is 3.45. The average molecular weight is 451 g/mol. The molecule has 8 heteroatoms. The van der Waals surface area contributed by atoms with Crippen molar-refractivity contribution >= 4 is 21.6 Å². The van der Waals surface area contributed by atoms with E-state index in [-0.39, 0.29) is 17.6 Å². The van der Waals surface area contributed by atoms with E-state index in [0.717, 1.165) is 35.1 Å². The molecule has 0 saturated heterocycles. The highest BCUT2D eigenvalue weighted by atomic mass is 32.2. The second kappa shape index (κ2) is 7.36. The van der Waals surface area contributed by atoms with Gasteiger partial charge in [0.2, 0.25) is 22.7 Å². The van der Waals surface area contributed by atoms with Crippen LogP contribution in [-0.4, -0.2) is 21.1 Å². The lowest BCUT2D eigenvalue weighted by Crippen LogP contribution is -2.27. The van der Waals surface area contributed by atoms with Crippen LogP contribution in [0.4, 0.5) is 5.69 Å². The maximum Gasteiger partial charge on any atom is 0.238 e. The van der Waals surface area contributed by atoms with Crippen molar-refractivity contribution in [3.05, 3.63) is 71.8 Å². The Balaban J connectivity index is 1.40. The van der Waals surface area contributed by atoms with Gasteiger partial charge in [-0.1, -0.05) is 24.3 Å². The second-order valence-corrected chi connectivity index (χ2v) is 9.76. The number of nitrogens with two attached hydrogens (primary N) is 1. The zero-order valence-corrected chi connectivity index (χ0v) is 18.2. The number of amides is 1. The van der Waals surface area contributed by atoms with Crippen molar-refractivity contribution < 1.29 is 22.7 Å². The van der Waals surface area contributed by atoms with Crippen molar-refractivity contribution in [1.29, 1.82) is 0 Å². The molecule has 164 valence electrons. The summed E-state index contributed by atoms with van der Waals surface area (Å²) < 4.78 is 33.9. The minimum Gasteiger partial charge on any atom is -0.454 e. The summed E-state index contributed by atoms with van der Waals surface area (Å²) in [6, 6.07) is 17.7. The first-order valence-corrected chi connectivity index (χ1v) is 11.8. The van der Waals surface area contributed by atoms with Gasteiger partial charge in [0.05, 0.1) is 10.3 Å². The summed E-state index contributed by atoms with van der Waals surface area (Å²) >= 11 is 0. The summed E-state index contributed by atoms with van der Waals surface area (Å²) in [6.45, 7) is 2.16. The van der Waals surface area contributed by atoms with E-state index in [1.807, 2.05) is 43.3 Å². The summed E-state index contributed by atoms with van der Waals surface area (Å²) in [4.78, 5) is 13.3. The standard InChI is InChI=1S/C24H22N2O5S/c1-15-2-6-18(13-20(15)16-3-7-19(8-4-16)32(25,28)29)26-23(27)24(10-11-24)17-5-9-21-22(12-17)31-14-30-21/h2-9,12-13H,10-11,14H2,1H3,(H,26,27)(H2,25,28,29). The summed E-state index contributed by atoms with van der Waals surface area (Å²) in [5.74, 6) is 1.31. The molecule has 1 aliphatic heterocycles. The predicted octanol–water partition coefficient (Wildman–Crippen LogP) is 3.71. The number of primary sulfonamides is 1. The molecule has 0 bridgehead atoms. The number of hydrogen-bond donors (Lipinski definition) is 2. The van der Waals surface area contributed by atoms with E-state index in [0.29, 0.717) is 17.2 Å². The van der Waals surface area contributed by atoms with Crippen LogP contribution in [0.2, 0.25) is 0 Å². The summed E-state index contributed by atoms with van der Waals surface area (Å²) in [7, 11) is -3.75. The van der Waals surface area contributed by atoms with Gasteiger partial charge in [-0.2, -0.15) is 0 Å². The van der Waals surface area contributed by atoms with E-state index in [4.69, 9.17) is 14.6 Å². The first-order valence-electron chi connectivity index (χ1n) is 10.2. The topological polar surface area (TPSA) is 108 Å². The van der Waals surface area contributed by atoms with E-state index in [1.54, 1.807) is 12.1 Å². The normalized spacial score (nSPS) is 15.9. The van der Waals surface area contributed by atoms with Crippen molar-refractivity contribution in [2.24, 2.45) is 5.14 Å². The molecule has 0 aromatic heterocycles. The smallest absolute Gasteiger partial charge is 0.238 e. The fraction of sp³-hybridized carbons (Fsp3) is 0.208. The van der Waals surface area contributed by atoms with Crippen LogP contribution in [0, 0.1) is 6.92 Å². The van der Waals surface area contributed by atoms with Gasteiger partial charge in [0, 0.05) is 5.69 Å². The quantitative estimate of drug-likeness (QED) is 0.616. The third-order valence-corrected chi connectivity index (χ3v) is 7.03. The highest BCUT2D eigenvalue weighted by molar-refractivity contribution is 7.89. The zero-order valence-electron chi connectivity index (χ0n) is 17.4. The molecule has 0 atom stereocenters. The molecule has 0 radical (unpaired) electrons. The number of rotatable bonds is 5. The van der Waals surface area contributed by atoms with Crippen LogP contribution in [0.5, 0.6) is 11.5 Å². The number of benzene rings is 3. The predicted molar refractivity (Wildman–Crippen MR) is 120 cm³/mol. The molecular weight excluding hydrogens is 428 g/mol. The molecular formula is C24H22N2O5S. The number of nitrogens with one attached hydrogen (secondary N) is 1. The van der Waals surface area contributed by atoms with Crippen LogP contribution in [0.15, 0.2) is 65.6 Å². The highest BCUT2D eigenvalue weighted by Crippen LogP contribution is 2.51. The van der Waals surface area contributed by atoms with E-state index in [1.165, 1.54) is 12.1 Å². The van der Waals surface area contributed by atoms with E-state index in [9.17, 15) is 13.2 Å². The van der Waals surface area contributed by atoms with Crippen LogP contribution in [0.25, 0.3) is 11.1 Å². The Kier molecular flexibility index (Phi) is 4.72. The lowest BCUT2D eigenvalue weighted by molar-refractivity contribution is -0.118. The van der Waals surface area contributed by atoms with Gasteiger partial charge in [-0.05, 0) is 78.4 Å². The van der Waals surface area contributed by atoms with Gasteiger partial charge in [-0.15, -0.1) is 0 Å². The highest BCUT2D eigenvalue weighted by Gasteiger charge is 2.51. The summed E-state index contributed by atoms with van der Waals surface area (Å²) in [5.41, 5.74) is 3.77. The number of carbonyl (C=O) groups excluding carboxylic acids is 1. The number of carbonyl (C=O) groups is 1. The lowest BCUT2D eigenvalue weighted by atomic mass is 9.94. The number of hydrogen-bond acceptors (Lipinski definition) is 5. The maximum atomic E-state index is 13.2. The molecule has 0 unspecified atom stereocenters. The number of sulfonamides is 1. The van der Waals surface area contributed by atoms with Gasteiger partial charge in [0.15, 0.2) is 11.5 Å². The van der Waals surface area contributed by atoms with Crippen molar-refractivity contribution in [2.75, 3.05) is 12.1 Å². The Morgan fingerprint density at radius 2 is 1.69 bits per heavy atom. The van der Waals surface area contributed by atoms with Crippen LogP contribution < -0.4 is 19.9 Å². The van der Waals surface area contributed by atoms with E-state index in [2.05, 4.69) is 5.32 Å². The Morgan fingerprint density at radius 3 is 2.38 bits per heavy atom. The molecule has 32 heavy (non-hydrogen) atoms. The lowest BCUT2D eigenvalue weighted by Gasteiger charge is -2.17. The molecule has 5 rings (SSSR count). The number of aryl methyl sites for hydroxylation is 1. The Hall–Kier alpha value is -3.36. The van der Waals surface area contributed by atoms with Gasteiger partial charge < -0.3 is 14.8 Å². The third kappa shape index (κ3) is 3.61. The number of anilines is 1. The number of ether oxygens (including phenoxy) is 2. The molecule has 1 amide bonds. The van der Waals surface area contributed by atoms with Gasteiger partial charge in [0.1, 0.15) is 0 Å². The Morgan fingerprint density at radius 1 is 0.969 bits per heavy atom. The first-order chi connectivity index (χ1) is 15.3. The minimum absolute atomic E-state index is 0.0581. The van der Waals surface area contributed by atoms with Crippen LogP contribution in [-0.2, 0) is 20.2 Å². The Labute approximate surface area is 186 Å². The molecule has 1 fully saturated rings. The molecule has 3 aromatic rings. The van der Waals surface area contributed by atoms with Crippen molar-refractivity contribution in [2.45, 2.75) is 30.1 Å². The summed E-state index contributed by atoms with van der Waals surface area (Å²) in [5, 5.41) is 8.25. The van der Waals surface area contributed by atoms with Gasteiger partial charge in [-0.25, -0.2) is 13.6 Å². The largest absolute Gasteiger partial charge is 0.454 e. The molecule has 2 aliphatic rings.